The van der Waals surface area contributed by atoms with Gasteiger partial charge in [-0.3, -0.25) is 14.4 Å². The van der Waals surface area contributed by atoms with Gasteiger partial charge in [0.1, 0.15) is 11.4 Å². The van der Waals surface area contributed by atoms with E-state index in [1.807, 2.05) is 23.1 Å². The molecule has 0 atom stereocenters. The molecule has 2 aliphatic rings. The highest BCUT2D eigenvalue weighted by molar-refractivity contribution is 6.27. The molecule has 1 heterocycles. The van der Waals surface area contributed by atoms with Crippen molar-refractivity contribution in [1.82, 2.24) is 10.2 Å². The maximum Gasteiger partial charge on any atom is 0.221 e. The van der Waals surface area contributed by atoms with E-state index in [0.29, 0.717) is 29.9 Å². The Bertz CT molecular complexity index is 975. The van der Waals surface area contributed by atoms with Crippen LogP contribution in [0.3, 0.4) is 0 Å². The number of hydrogen-bond acceptors (Lipinski definition) is 4. The van der Waals surface area contributed by atoms with Crippen LogP contribution in [-0.4, -0.2) is 28.9 Å². The van der Waals surface area contributed by atoms with Crippen LogP contribution in [0.4, 0.5) is 0 Å². The lowest BCUT2D eigenvalue weighted by Gasteiger charge is -2.35. The summed E-state index contributed by atoms with van der Waals surface area (Å²) in [7, 11) is 0. The average Bonchev–Trinajstić information content (AvgIpc) is 2.65. The van der Waals surface area contributed by atoms with E-state index >= 15 is 0 Å². The molecule has 0 fully saturated rings. The molecule has 1 aliphatic carbocycles. The average molecular weight is 346 g/mol. The van der Waals surface area contributed by atoms with Crippen molar-refractivity contribution in [2.45, 2.75) is 19.9 Å². The Morgan fingerprint density at radius 1 is 0.923 bits per heavy atom. The predicted molar refractivity (Wildman–Crippen MR) is 96.5 cm³/mol. The van der Waals surface area contributed by atoms with Gasteiger partial charge in [-0.1, -0.05) is 48.5 Å². The highest BCUT2D eigenvalue weighted by Crippen LogP contribution is 2.30. The van der Waals surface area contributed by atoms with Crippen LogP contribution in [0.15, 0.2) is 59.9 Å². The predicted octanol–water partition coefficient (Wildman–Crippen LogP) is 2.47. The zero-order valence-electron chi connectivity index (χ0n) is 14.4. The SMILES string of the molecule is CC(=O)NC1=C(N2CCc3ccccc3C2)C(=O)c2ccccc2C1=O. The van der Waals surface area contributed by atoms with Crippen LogP contribution in [0.5, 0.6) is 0 Å². The molecule has 1 aliphatic heterocycles. The molecule has 0 saturated heterocycles. The summed E-state index contributed by atoms with van der Waals surface area (Å²) in [6.45, 7) is 2.50. The highest BCUT2D eigenvalue weighted by atomic mass is 16.2. The van der Waals surface area contributed by atoms with Crippen molar-refractivity contribution >= 4 is 17.5 Å². The molecule has 130 valence electrons. The molecule has 0 spiro atoms. The number of benzene rings is 2. The Kier molecular flexibility index (Phi) is 3.92. The fourth-order valence-electron chi connectivity index (χ4n) is 3.64. The summed E-state index contributed by atoms with van der Waals surface area (Å²) in [5.74, 6) is -0.900. The molecule has 0 unspecified atom stereocenters. The van der Waals surface area contributed by atoms with E-state index in [2.05, 4.69) is 11.4 Å². The third-order valence-electron chi connectivity index (χ3n) is 4.84. The van der Waals surface area contributed by atoms with Crippen LogP contribution < -0.4 is 5.32 Å². The molecule has 1 amide bonds. The van der Waals surface area contributed by atoms with Crippen molar-refractivity contribution in [3.05, 3.63) is 82.2 Å². The first kappa shape index (κ1) is 16.3. The van der Waals surface area contributed by atoms with Crippen molar-refractivity contribution in [3.63, 3.8) is 0 Å². The molecule has 2 aromatic carbocycles. The topological polar surface area (TPSA) is 66.5 Å². The molecular formula is C21H18N2O3. The zero-order valence-corrected chi connectivity index (χ0v) is 14.4. The van der Waals surface area contributed by atoms with E-state index in [0.717, 1.165) is 12.0 Å². The molecule has 1 N–H and O–H groups in total. The lowest BCUT2D eigenvalue weighted by atomic mass is 9.88. The van der Waals surface area contributed by atoms with Gasteiger partial charge in [-0.2, -0.15) is 0 Å². The molecule has 0 aromatic heterocycles. The second kappa shape index (κ2) is 6.26. The van der Waals surface area contributed by atoms with Crippen LogP contribution in [-0.2, 0) is 17.8 Å². The maximum atomic E-state index is 13.2. The third kappa shape index (κ3) is 2.62. The van der Waals surface area contributed by atoms with Gasteiger partial charge in [0.25, 0.3) is 0 Å². The Hall–Kier alpha value is -3.21. The van der Waals surface area contributed by atoms with Gasteiger partial charge >= 0.3 is 0 Å². The molecule has 5 heteroatoms. The smallest absolute Gasteiger partial charge is 0.221 e. The Morgan fingerprint density at radius 3 is 2.23 bits per heavy atom. The number of amides is 1. The minimum absolute atomic E-state index is 0.0839. The van der Waals surface area contributed by atoms with E-state index < -0.39 is 0 Å². The normalized spacial score (nSPS) is 16.3. The van der Waals surface area contributed by atoms with Crippen LogP contribution >= 0.6 is 0 Å². The molecule has 2 aromatic rings. The minimum Gasteiger partial charge on any atom is -0.362 e. The Labute approximate surface area is 151 Å². The number of carbonyl (C=O) groups is 3. The van der Waals surface area contributed by atoms with Gasteiger partial charge in [0.15, 0.2) is 0 Å². The van der Waals surface area contributed by atoms with Crippen LogP contribution in [0.1, 0.15) is 38.8 Å². The molecular weight excluding hydrogens is 328 g/mol. The number of fused-ring (bicyclic) bond motifs is 2. The van der Waals surface area contributed by atoms with Gasteiger partial charge in [0.05, 0.1) is 0 Å². The maximum absolute atomic E-state index is 13.2. The first-order chi connectivity index (χ1) is 12.6. The summed E-state index contributed by atoms with van der Waals surface area (Å²) in [4.78, 5) is 39.7. The van der Waals surface area contributed by atoms with Crippen molar-refractivity contribution in [2.75, 3.05) is 6.54 Å². The summed E-state index contributed by atoms with van der Waals surface area (Å²) in [5, 5.41) is 2.60. The van der Waals surface area contributed by atoms with Gasteiger partial charge < -0.3 is 10.2 Å². The summed E-state index contributed by atoms with van der Waals surface area (Å²) in [6, 6.07) is 14.8. The van der Waals surface area contributed by atoms with Crippen molar-refractivity contribution < 1.29 is 14.4 Å². The molecule has 4 rings (SSSR count). The first-order valence-electron chi connectivity index (χ1n) is 8.58. The summed E-state index contributed by atoms with van der Waals surface area (Å²) >= 11 is 0. The quantitative estimate of drug-likeness (QED) is 0.907. The molecule has 0 bridgehead atoms. The van der Waals surface area contributed by atoms with E-state index in [4.69, 9.17) is 0 Å². The Morgan fingerprint density at radius 2 is 1.54 bits per heavy atom. The lowest BCUT2D eigenvalue weighted by Crippen LogP contribution is -2.41. The standard InChI is InChI=1S/C21H18N2O3/c1-13(24)22-18-19(21(26)17-9-5-4-8-16(17)20(18)25)23-11-10-14-6-2-3-7-15(14)12-23/h2-9H,10-12H2,1H3,(H,22,24). The fraction of sp³-hybridized carbons (Fsp3) is 0.190. The highest BCUT2D eigenvalue weighted by Gasteiger charge is 2.36. The summed E-state index contributed by atoms with van der Waals surface area (Å²) < 4.78 is 0. The van der Waals surface area contributed by atoms with Crippen LogP contribution in [0.25, 0.3) is 0 Å². The largest absolute Gasteiger partial charge is 0.362 e. The number of Topliss-reactive ketones (excluding diaryl/α,β-unsaturated/α-hetero) is 2. The Balaban J connectivity index is 1.82. The van der Waals surface area contributed by atoms with Crippen molar-refractivity contribution in [3.8, 4) is 0 Å². The lowest BCUT2D eigenvalue weighted by molar-refractivity contribution is -0.118. The number of rotatable bonds is 2. The minimum atomic E-state index is -0.365. The second-order valence-electron chi connectivity index (χ2n) is 6.55. The number of allylic oxidation sites excluding steroid dienone is 2. The van der Waals surface area contributed by atoms with E-state index in [1.165, 1.54) is 12.5 Å². The first-order valence-corrected chi connectivity index (χ1v) is 8.58. The fourth-order valence-corrected chi connectivity index (χ4v) is 3.64. The number of ketones is 2. The zero-order chi connectivity index (χ0) is 18.3. The van der Waals surface area contributed by atoms with Gasteiger partial charge in [0, 0.05) is 31.1 Å². The number of nitrogens with one attached hydrogen (secondary N) is 1. The molecule has 0 saturated carbocycles. The van der Waals surface area contributed by atoms with E-state index in [9.17, 15) is 14.4 Å². The number of carbonyl (C=O) groups excluding carboxylic acids is 3. The summed E-state index contributed by atoms with van der Waals surface area (Å²) in [6.07, 6.45) is 0.788. The molecule has 5 nitrogen and oxygen atoms in total. The van der Waals surface area contributed by atoms with E-state index in [1.54, 1.807) is 24.3 Å². The monoisotopic (exact) mass is 346 g/mol. The van der Waals surface area contributed by atoms with E-state index in [-0.39, 0.29) is 23.2 Å². The number of nitrogens with zero attached hydrogens (tertiary/aromatic N) is 1. The van der Waals surface area contributed by atoms with Crippen molar-refractivity contribution in [2.24, 2.45) is 0 Å². The van der Waals surface area contributed by atoms with Gasteiger partial charge in [-0.15, -0.1) is 0 Å². The third-order valence-corrected chi connectivity index (χ3v) is 4.84. The van der Waals surface area contributed by atoms with Gasteiger partial charge in [-0.05, 0) is 17.5 Å². The van der Waals surface area contributed by atoms with Gasteiger partial charge in [0.2, 0.25) is 17.5 Å². The number of hydrogen-bond donors (Lipinski definition) is 1. The molecule has 26 heavy (non-hydrogen) atoms. The van der Waals surface area contributed by atoms with Crippen molar-refractivity contribution in [1.29, 1.82) is 0 Å². The van der Waals surface area contributed by atoms with Gasteiger partial charge in [-0.25, -0.2) is 0 Å². The summed E-state index contributed by atoms with van der Waals surface area (Å²) in [5.41, 5.74) is 3.48. The second-order valence-corrected chi connectivity index (χ2v) is 6.55. The van der Waals surface area contributed by atoms with Crippen LogP contribution in [0, 0.1) is 0 Å². The molecule has 0 radical (unpaired) electrons. The van der Waals surface area contributed by atoms with Crippen LogP contribution in [0.2, 0.25) is 0 Å².